The number of carbonyl (C=O) groups is 2. The topological polar surface area (TPSA) is 115 Å². The fourth-order valence-electron chi connectivity index (χ4n) is 4.25. The van der Waals surface area contributed by atoms with E-state index in [1.807, 2.05) is 0 Å². The zero-order valence-corrected chi connectivity index (χ0v) is 22.5. The van der Waals surface area contributed by atoms with Crippen molar-refractivity contribution in [3.63, 3.8) is 0 Å². The molecule has 4 aromatic heterocycles. The number of anilines is 1. The van der Waals surface area contributed by atoms with Gasteiger partial charge in [-0.3, -0.25) is 9.59 Å². The van der Waals surface area contributed by atoms with Crippen molar-refractivity contribution in [1.82, 2.24) is 19.6 Å². The number of nitrogens with two attached hydrogens (primary N) is 1. The van der Waals surface area contributed by atoms with E-state index >= 15 is 0 Å². The number of halogens is 8. The van der Waals surface area contributed by atoms with Crippen LogP contribution >= 0.6 is 11.3 Å². The lowest BCUT2D eigenvalue weighted by molar-refractivity contribution is -0.291. The molecule has 0 aliphatic rings. The second-order valence-electron chi connectivity index (χ2n) is 9.38. The number of primary amides is 1. The van der Waals surface area contributed by atoms with E-state index in [0.717, 1.165) is 24.6 Å². The third kappa shape index (κ3) is 5.24. The quantitative estimate of drug-likeness (QED) is 0.212. The summed E-state index contributed by atoms with van der Waals surface area (Å²) in [6.45, 7) is 2.91. The van der Waals surface area contributed by atoms with Gasteiger partial charge < -0.3 is 11.1 Å². The van der Waals surface area contributed by atoms with Crippen LogP contribution in [0.2, 0.25) is 0 Å². The Morgan fingerprint density at radius 1 is 0.930 bits per heavy atom. The van der Waals surface area contributed by atoms with Gasteiger partial charge in [0.05, 0.1) is 5.69 Å². The molecule has 0 aliphatic heterocycles. The van der Waals surface area contributed by atoms with Gasteiger partial charge in [-0.2, -0.15) is 40.2 Å². The van der Waals surface area contributed by atoms with Gasteiger partial charge in [0.25, 0.3) is 11.8 Å². The largest absolute Gasteiger partial charge is 0.459 e. The number of hydrogen-bond donors (Lipinski definition) is 2. The maximum absolute atomic E-state index is 14.3. The molecule has 0 spiro atoms. The Morgan fingerprint density at radius 3 is 2.16 bits per heavy atom. The molecule has 2 amide bonds. The lowest BCUT2D eigenvalue weighted by Crippen LogP contribution is -2.36. The number of nitrogens with one attached hydrogen (secondary N) is 1. The van der Waals surface area contributed by atoms with Gasteiger partial charge in [0.15, 0.2) is 11.3 Å². The molecule has 8 nitrogen and oxygen atoms in total. The molecule has 43 heavy (non-hydrogen) atoms. The summed E-state index contributed by atoms with van der Waals surface area (Å²) in [5.41, 5.74) is 1.75. The molecule has 17 heteroatoms. The highest BCUT2D eigenvalue weighted by Crippen LogP contribution is 2.45. The third-order valence-corrected chi connectivity index (χ3v) is 7.34. The summed E-state index contributed by atoms with van der Waals surface area (Å²) in [7, 11) is 0. The summed E-state index contributed by atoms with van der Waals surface area (Å²) in [6, 6.07) is 8.28. The predicted molar refractivity (Wildman–Crippen MR) is 139 cm³/mol. The first-order valence-corrected chi connectivity index (χ1v) is 12.8. The highest BCUT2D eigenvalue weighted by molar-refractivity contribution is 7.21. The Kier molecular flexibility index (Phi) is 6.91. The molecule has 5 aromatic rings. The summed E-state index contributed by atoms with van der Waals surface area (Å²) in [4.78, 5) is 32.4. The Bertz CT molecular complexity index is 1930. The maximum atomic E-state index is 14.3. The SMILES string of the molecule is Cc1ccc(-c2cc(C(F)(F)F)nc3sc(C(N)=O)c(NC(=O)c4cc5nc(C)cc(C(F)(F)C(F)(F)F)n5n4)c23)cc1. The van der Waals surface area contributed by atoms with Crippen LogP contribution in [0.15, 0.2) is 42.5 Å². The molecule has 0 unspecified atom stereocenters. The van der Waals surface area contributed by atoms with Crippen molar-refractivity contribution in [2.75, 3.05) is 5.32 Å². The van der Waals surface area contributed by atoms with E-state index < -0.39 is 57.7 Å². The number of carbonyl (C=O) groups excluding carboxylic acids is 2. The van der Waals surface area contributed by atoms with Crippen LogP contribution in [0.4, 0.5) is 40.8 Å². The number of aryl methyl sites for hydroxylation is 2. The molecule has 3 N–H and O–H groups in total. The second-order valence-corrected chi connectivity index (χ2v) is 10.4. The Balaban J connectivity index is 1.69. The van der Waals surface area contributed by atoms with Gasteiger partial charge in [-0.25, -0.2) is 14.5 Å². The molecular formula is C26H16F8N6O2S. The molecule has 4 heterocycles. The first-order valence-electron chi connectivity index (χ1n) is 11.9. The summed E-state index contributed by atoms with van der Waals surface area (Å²) >= 11 is 0.464. The molecular weight excluding hydrogens is 612 g/mol. The Morgan fingerprint density at radius 2 is 1.58 bits per heavy atom. The molecule has 5 rings (SSSR count). The van der Waals surface area contributed by atoms with Crippen LogP contribution in [0.1, 0.15) is 42.8 Å². The first-order chi connectivity index (χ1) is 19.9. The number of hydrogen-bond acceptors (Lipinski definition) is 6. The van der Waals surface area contributed by atoms with Crippen LogP contribution in [0.5, 0.6) is 0 Å². The smallest absolute Gasteiger partial charge is 0.365 e. The number of rotatable bonds is 5. The number of thiophene rings is 1. The monoisotopic (exact) mass is 628 g/mol. The van der Waals surface area contributed by atoms with Crippen LogP contribution in [0.3, 0.4) is 0 Å². The van der Waals surface area contributed by atoms with Gasteiger partial charge in [0, 0.05) is 17.1 Å². The van der Waals surface area contributed by atoms with Crippen LogP contribution < -0.4 is 11.1 Å². The lowest BCUT2D eigenvalue weighted by Gasteiger charge is -2.20. The normalized spacial score (nSPS) is 12.7. The summed E-state index contributed by atoms with van der Waals surface area (Å²) in [5, 5.41) is 5.81. The summed E-state index contributed by atoms with van der Waals surface area (Å²) < 4.78 is 109. The van der Waals surface area contributed by atoms with Gasteiger partial charge in [0.1, 0.15) is 21.1 Å². The second kappa shape index (κ2) is 9.96. The molecule has 224 valence electrons. The summed E-state index contributed by atoms with van der Waals surface area (Å²) in [6.07, 6.45) is -10.9. The number of amides is 2. The van der Waals surface area contributed by atoms with Crippen LogP contribution in [-0.4, -0.2) is 37.6 Å². The zero-order valence-electron chi connectivity index (χ0n) is 21.7. The van der Waals surface area contributed by atoms with Crippen molar-refractivity contribution >= 4 is 44.7 Å². The van der Waals surface area contributed by atoms with E-state index in [9.17, 15) is 44.7 Å². The summed E-state index contributed by atoms with van der Waals surface area (Å²) in [5.74, 6) is -7.71. The third-order valence-electron chi connectivity index (χ3n) is 6.24. The van der Waals surface area contributed by atoms with E-state index in [1.54, 1.807) is 19.1 Å². The average Bonchev–Trinajstić information content (AvgIpc) is 3.49. The van der Waals surface area contributed by atoms with Crippen molar-refractivity contribution in [2.24, 2.45) is 5.73 Å². The minimum Gasteiger partial charge on any atom is -0.365 e. The number of fused-ring (bicyclic) bond motifs is 2. The fraction of sp³-hybridized carbons (Fsp3) is 0.192. The van der Waals surface area contributed by atoms with Crippen molar-refractivity contribution in [2.45, 2.75) is 32.1 Å². The number of aromatic nitrogens is 4. The van der Waals surface area contributed by atoms with Crippen molar-refractivity contribution in [1.29, 1.82) is 0 Å². The fourth-order valence-corrected chi connectivity index (χ4v) is 5.26. The molecule has 0 atom stereocenters. The zero-order chi connectivity index (χ0) is 31.6. The van der Waals surface area contributed by atoms with E-state index in [-0.39, 0.29) is 37.2 Å². The van der Waals surface area contributed by atoms with E-state index in [4.69, 9.17) is 5.73 Å². The van der Waals surface area contributed by atoms with Crippen molar-refractivity contribution < 1.29 is 44.7 Å². The Hall–Kier alpha value is -4.67. The van der Waals surface area contributed by atoms with Crippen molar-refractivity contribution in [3.8, 4) is 11.1 Å². The Labute approximate surface area is 239 Å². The lowest BCUT2D eigenvalue weighted by atomic mass is 10.00. The number of nitrogens with zero attached hydrogens (tertiary/aromatic N) is 4. The highest BCUT2D eigenvalue weighted by atomic mass is 32.1. The predicted octanol–water partition coefficient (Wildman–Crippen LogP) is 6.65. The molecule has 0 saturated carbocycles. The van der Waals surface area contributed by atoms with Crippen LogP contribution in [0.25, 0.3) is 27.0 Å². The van der Waals surface area contributed by atoms with Gasteiger partial charge in [0.2, 0.25) is 0 Å². The van der Waals surface area contributed by atoms with Crippen molar-refractivity contribution in [3.05, 3.63) is 75.7 Å². The van der Waals surface area contributed by atoms with Crippen LogP contribution in [-0.2, 0) is 12.1 Å². The highest BCUT2D eigenvalue weighted by Gasteiger charge is 2.60. The van der Waals surface area contributed by atoms with E-state index in [0.29, 0.717) is 17.4 Å². The number of pyridine rings is 1. The maximum Gasteiger partial charge on any atom is 0.459 e. The number of alkyl halides is 8. The minimum atomic E-state index is -6.00. The standard InChI is InChI=1S/C26H16F8N6O2S/c1-10-3-5-12(6-4-10)13-8-15(25(29,30)31)37-23-18(13)19(20(43-23)21(35)41)38-22(42)14-9-17-36-11(2)7-16(40(17)39-14)24(27,28)26(32,33)34/h3-9H,1-2H3,(H2,35,41)(H,38,42). The molecule has 0 saturated heterocycles. The van der Waals surface area contributed by atoms with Gasteiger partial charge in [-0.05, 0) is 37.1 Å². The average molecular weight is 629 g/mol. The van der Waals surface area contributed by atoms with Gasteiger partial charge in [-0.1, -0.05) is 29.8 Å². The van der Waals surface area contributed by atoms with Crippen LogP contribution in [0, 0.1) is 13.8 Å². The van der Waals surface area contributed by atoms with Gasteiger partial charge in [-0.15, -0.1) is 11.3 Å². The first kappa shape index (κ1) is 29.8. The van der Waals surface area contributed by atoms with E-state index in [2.05, 4.69) is 20.4 Å². The molecule has 1 aromatic carbocycles. The molecule has 0 fully saturated rings. The minimum absolute atomic E-state index is 0.0734. The van der Waals surface area contributed by atoms with Gasteiger partial charge >= 0.3 is 18.3 Å². The molecule has 0 radical (unpaired) electrons. The molecule has 0 aliphatic carbocycles. The molecule has 0 bridgehead atoms. The van der Waals surface area contributed by atoms with E-state index in [1.165, 1.54) is 12.1 Å². The number of benzene rings is 1.